The molecule has 6 nitrogen and oxygen atoms in total. The Morgan fingerprint density at radius 1 is 0.929 bits per heavy atom. The van der Waals surface area contributed by atoms with Crippen LogP contribution in [0, 0.1) is 0 Å². The number of aromatic carboxylic acids is 1. The number of hydrogen-bond acceptors (Lipinski definition) is 4. The number of rotatable bonds is 6. The Morgan fingerprint density at radius 3 is 1.96 bits per heavy atom. The quantitative estimate of drug-likeness (QED) is 0.766. The highest BCUT2D eigenvalue weighted by atomic mass is 16.6. The number of carboxylic acid groups (broad SMARTS) is 1. The summed E-state index contributed by atoms with van der Waals surface area (Å²) < 4.78 is 5.27. The Morgan fingerprint density at radius 2 is 1.43 bits per heavy atom. The lowest BCUT2D eigenvalue weighted by Gasteiger charge is -2.22. The van der Waals surface area contributed by atoms with Gasteiger partial charge in [0, 0.05) is 19.2 Å². The van der Waals surface area contributed by atoms with E-state index in [2.05, 4.69) is 0 Å². The van der Waals surface area contributed by atoms with Crippen molar-refractivity contribution in [3.05, 3.63) is 59.7 Å². The number of carbonyl (C=O) groups is 3. The van der Waals surface area contributed by atoms with Crippen molar-refractivity contribution in [2.75, 3.05) is 13.6 Å². The molecule has 28 heavy (non-hydrogen) atoms. The van der Waals surface area contributed by atoms with Crippen molar-refractivity contribution in [2.24, 2.45) is 0 Å². The van der Waals surface area contributed by atoms with E-state index >= 15 is 0 Å². The van der Waals surface area contributed by atoms with E-state index in [9.17, 15) is 19.5 Å². The molecular weight excluding hydrogens is 358 g/mol. The number of ether oxygens (including phenoxy) is 1. The van der Waals surface area contributed by atoms with E-state index in [0.717, 1.165) is 0 Å². The minimum Gasteiger partial charge on any atom is -0.478 e. The molecule has 0 bridgehead atoms. The van der Waals surface area contributed by atoms with Gasteiger partial charge in [0.2, 0.25) is 0 Å². The van der Waals surface area contributed by atoms with Crippen LogP contribution in [-0.2, 0) is 9.53 Å². The second-order valence-electron chi connectivity index (χ2n) is 7.46. The molecule has 0 spiro atoms. The maximum absolute atomic E-state index is 12.9. The van der Waals surface area contributed by atoms with E-state index < -0.39 is 11.6 Å². The molecule has 0 unspecified atom stereocenters. The van der Waals surface area contributed by atoms with E-state index in [1.807, 2.05) is 0 Å². The van der Waals surface area contributed by atoms with Gasteiger partial charge in [-0.25, -0.2) is 4.79 Å². The van der Waals surface area contributed by atoms with Gasteiger partial charge in [-0.05, 0) is 44.0 Å². The zero-order valence-corrected chi connectivity index (χ0v) is 16.6. The normalized spacial score (nSPS) is 11.0. The second kappa shape index (κ2) is 8.69. The van der Waals surface area contributed by atoms with E-state index in [-0.39, 0.29) is 30.4 Å². The highest BCUT2D eigenvalue weighted by molar-refractivity contribution is 6.04. The Kier molecular flexibility index (Phi) is 6.57. The Balaban J connectivity index is 2.24. The fourth-order valence-electron chi connectivity index (χ4n) is 2.77. The molecule has 0 aromatic heterocycles. The van der Waals surface area contributed by atoms with Crippen molar-refractivity contribution < 1.29 is 24.2 Å². The molecule has 0 saturated carbocycles. The Labute approximate surface area is 164 Å². The number of carbonyl (C=O) groups excluding carboxylic acids is 2. The van der Waals surface area contributed by atoms with E-state index in [1.54, 1.807) is 70.3 Å². The van der Waals surface area contributed by atoms with Gasteiger partial charge in [-0.15, -0.1) is 0 Å². The molecule has 0 atom stereocenters. The van der Waals surface area contributed by atoms with Crippen molar-refractivity contribution >= 4 is 17.8 Å². The van der Waals surface area contributed by atoms with Crippen molar-refractivity contribution in [2.45, 2.75) is 32.8 Å². The minimum atomic E-state index is -1.06. The van der Waals surface area contributed by atoms with Crippen LogP contribution < -0.4 is 0 Å². The van der Waals surface area contributed by atoms with Crippen LogP contribution in [0.3, 0.4) is 0 Å². The maximum atomic E-state index is 12.9. The average molecular weight is 383 g/mol. The van der Waals surface area contributed by atoms with E-state index in [1.165, 1.54) is 11.0 Å². The van der Waals surface area contributed by atoms with Gasteiger partial charge in [0.25, 0.3) is 5.91 Å². The van der Waals surface area contributed by atoms with Crippen LogP contribution >= 0.6 is 0 Å². The summed E-state index contributed by atoms with van der Waals surface area (Å²) >= 11 is 0. The van der Waals surface area contributed by atoms with Crippen molar-refractivity contribution in [3.63, 3.8) is 0 Å². The minimum absolute atomic E-state index is 0.0768. The van der Waals surface area contributed by atoms with Gasteiger partial charge >= 0.3 is 11.9 Å². The summed E-state index contributed by atoms with van der Waals surface area (Å²) in [6.07, 6.45) is 0.0768. The molecule has 0 aliphatic heterocycles. The van der Waals surface area contributed by atoms with Crippen LogP contribution in [0.4, 0.5) is 0 Å². The van der Waals surface area contributed by atoms with Crippen LogP contribution in [0.2, 0.25) is 0 Å². The van der Waals surface area contributed by atoms with Crippen molar-refractivity contribution in [3.8, 4) is 11.1 Å². The number of carboxylic acids is 1. The topological polar surface area (TPSA) is 83.9 Å². The number of nitrogens with zero attached hydrogens (tertiary/aromatic N) is 1. The fourth-order valence-corrected chi connectivity index (χ4v) is 2.77. The molecule has 0 fully saturated rings. The zero-order chi connectivity index (χ0) is 20.9. The van der Waals surface area contributed by atoms with E-state index in [4.69, 9.17) is 4.74 Å². The van der Waals surface area contributed by atoms with Gasteiger partial charge in [0.15, 0.2) is 0 Å². The van der Waals surface area contributed by atoms with Gasteiger partial charge in [-0.2, -0.15) is 0 Å². The highest BCUT2D eigenvalue weighted by Gasteiger charge is 2.21. The van der Waals surface area contributed by atoms with E-state index in [0.29, 0.717) is 16.7 Å². The first-order chi connectivity index (χ1) is 13.1. The molecule has 0 aliphatic carbocycles. The van der Waals surface area contributed by atoms with Gasteiger partial charge in [0.05, 0.1) is 12.0 Å². The number of amides is 1. The van der Waals surface area contributed by atoms with Crippen molar-refractivity contribution in [1.82, 2.24) is 4.90 Å². The summed E-state index contributed by atoms with van der Waals surface area (Å²) in [5.74, 6) is -1.73. The molecule has 6 heteroatoms. The fraction of sp³-hybridized carbons (Fsp3) is 0.318. The van der Waals surface area contributed by atoms with Gasteiger partial charge in [-0.3, -0.25) is 9.59 Å². The lowest BCUT2D eigenvalue weighted by atomic mass is 9.95. The summed E-state index contributed by atoms with van der Waals surface area (Å²) in [6.45, 7) is 5.56. The van der Waals surface area contributed by atoms with Gasteiger partial charge < -0.3 is 14.7 Å². The predicted octanol–water partition coefficient (Wildman–Crippen LogP) is 3.86. The molecule has 1 N–H and O–H groups in total. The monoisotopic (exact) mass is 383 g/mol. The smallest absolute Gasteiger partial charge is 0.336 e. The Bertz CT molecular complexity index is 882. The molecular formula is C22H25NO5. The lowest BCUT2D eigenvalue weighted by Crippen LogP contribution is -2.31. The number of benzene rings is 2. The molecule has 0 heterocycles. The SMILES string of the molecule is CN(CCC(=O)OC(C)(C)C)C(=O)c1ccccc1-c1ccccc1C(=O)O. The van der Waals surface area contributed by atoms with Gasteiger partial charge in [0.1, 0.15) is 5.60 Å². The molecule has 0 aliphatic rings. The molecule has 2 aromatic rings. The second-order valence-corrected chi connectivity index (χ2v) is 7.46. The summed E-state index contributed by atoms with van der Waals surface area (Å²) in [6, 6.07) is 13.4. The third kappa shape index (κ3) is 5.42. The summed E-state index contributed by atoms with van der Waals surface area (Å²) in [5, 5.41) is 9.46. The lowest BCUT2D eigenvalue weighted by molar-refractivity contribution is -0.154. The first-order valence-electron chi connectivity index (χ1n) is 8.99. The van der Waals surface area contributed by atoms with Gasteiger partial charge in [-0.1, -0.05) is 36.4 Å². The maximum Gasteiger partial charge on any atom is 0.336 e. The molecule has 148 valence electrons. The predicted molar refractivity (Wildman–Crippen MR) is 106 cm³/mol. The van der Waals surface area contributed by atoms with Crippen LogP contribution in [0.5, 0.6) is 0 Å². The summed E-state index contributed by atoms with van der Waals surface area (Å²) in [7, 11) is 1.60. The van der Waals surface area contributed by atoms with Crippen LogP contribution in [-0.4, -0.2) is 47.0 Å². The molecule has 0 saturated heterocycles. The zero-order valence-electron chi connectivity index (χ0n) is 16.6. The third-order valence-electron chi connectivity index (χ3n) is 4.02. The van der Waals surface area contributed by atoms with Crippen LogP contribution in [0.1, 0.15) is 47.9 Å². The summed E-state index contributed by atoms with van der Waals surface area (Å²) in [5.41, 5.74) is 0.934. The number of hydrogen-bond donors (Lipinski definition) is 1. The molecule has 1 amide bonds. The average Bonchev–Trinajstić information content (AvgIpc) is 2.64. The summed E-state index contributed by atoms with van der Waals surface area (Å²) in [4.78, 5) is 37.8. The van der Waals surface area contributed by atoms with Crippen molar-refractivity contribution in [1.29, 1.82) is 0 Å². The number of esters is 1. The largest absolute Gasteiger partial charge is 0.478 e. The molecule has 0 radical (unpaired) electrons. The van der Waals surface area contributed by atoms with Crippen LogP contribution in [0.15, 0.2) is 48.5 Å². The molecule has 2 aromatic carbocycles. The molecule has 2 rings (SSSR count). The standard InChI is InChI=1S/C22H25NO5/c1-22(2,3)28-19(24)13-14-23(4)20(25)17-11-7-5-9-15(17)16-10-6-8-12-18(16)21(26)27/h5-12H,13-14H2,1-4H3,(H,26,27). The first-order valence-corrected chi connectivity index (χ1v) is 8.99. The highest BCUT2D eigenvalue weighted by Crippen LogP contribution is 2.28. The third-order valence-corrected chi connectivity index (χ3v) is 4.02. The van der Waals surface area contributed by atoms with Crippen LogP contribution in [0.25, 0.3) is 11.1 Å². The first kappa shape index (κ1) is 21.2. The Hall–Kier alpha value is -3.15.